The van der Waals surface area contributed by atoms with Crippen LogP contribution >= 0.6 is 23.6 Å². The van der Waals surface area contributed by atoms with E-state index in [9.17, 15) is 9.18 Å². The van der Waals surface area contributed by atoms with E-state index >= 15 is 0 Å². The summed E-state index contributed by atoms with van der Waals surface area (Å²) < 4.78 is 13.0. The standard InChI is InChI=1S/C15H16FN3OS2/c1-2-7-18-15(21)19-14-11(13(17)20)8-12(22-14)9-3-5-10(16)6-4-9/h3-6,8H,2,7H2,1H3,(H2,17,20)(H2,18,19,21). The number of nitrogens with two attached hydrogens (primary N) is 1. The number of carbonyl (C=O) groups is 1. The van der Waals surface area contributed by atoms with Gasteiger partial charge in [0.05, 0.1) is 5.56 Å². The Hall–Kier alpha value is -1.99. The lowest BCUT2D eigenvalue weighted by molar-refractivity contribution is 0.100. The summed E-state index contributed by atoms with van der Waals surface area (Å²) in [5.41, 5.74) is 6.59. The minimum atomic E-state index is -0.537. The molecule has 22 heavy (non-hydrogen) atoms. The number of nitrogens with one attached hydrogen (secondary N) is 2. The van der Waals surface area contributed by atoms with Crippen molar-refractivity contribution >= 4 is 39.6 Å². The third kappa shape index (κ3) is 4.02. The molecular formula is C15H16FN3OS2. The zero-order valence-corrected chi connectivity index (χ0v) is 13.6. The second-order valence-electron chi connectivity index (χ2n) is 4.61. The van der Waals surface area contributed by atoms with Crippen LogP contribution in [0, 0.1) is 5.82 Å². The van der Waals surface area contributed by atoms with Crippen molar-refractivity contribution in [3.8, 4) is 10.4 Å². The number of thiophene rings is 1. The maximum Gasteiger partial charge on any atom is 0.251 e. The molecule has 2 aromatic rings. The Balaban J connectivity index is 2.27. The Morgan fingerprint density at radius 2 is 2.05 bits per heavy atom. The highest BCUT2D eigenvalue weighted by Gasteiger charge is 2.15. The van der Waals surface area contributed by atoms with Gasteiger partial charge in [-0.1, -0.05) is 19.1 Å². The Kier molecular flexibility index (Phi) is 5.46. The molecule has 1 amide bonds. The SMILES string of the molecule is CCCNC(=S)Nc1sc(-c2ccc(F)cc2)cc1C(N)=O. The van der Waals surface area contributed by atoms with E-state index in [0.29, 0.717) is 15.7 Å². The number of halogens is 1. The molecule has 0 aliphatic heterocycles. The highest BCUT2D eigenvalue weighted by atomic mass is 32.1. The fourth-order valence-electron chi connectivity index (χ4n) is 1.81. The Morgan fingerprint density at radius 3 is 2.64 bits per heavy atom. The van der Waals surface area contributed by atoms with E-state index < -0.39 is 5.91 Å². The Morgan fingerprint density at radius 1 is 1.36 bits per heavy atom. The first kappa shape index (κ1) is 16.4. The second kappa shape index (κ2) is 7.33. The van der Waals surface area contributed by atoms with Crippen LogP contribution < -0.4 is 16.4 Å². The van der Waals surface area contributed by atoms with Crippen LogP contribution in [-0.4, -0.2) is 17.6 Å². The molecule has 0 saturated heterocycles. The monoisotopic (exact) mass is 337 g/mol. The maximum absolute atomic E-state index is 13.0. The van der Waals surface area contributed by atoms with Gasteiger partial charge in [-0.3, -0.25) is 4.79 Å². The first-order valence-electron chi connectivity index (χ1n) is 6.75. The molecule has 0 unspecified atom stereocenters. The van der Waals surface area contributed by atoms with E-state index in [1.165, 1.54) is 23.5 Å². The third-order valence-electron chi connectivity index (χ3n) is 2.89. The predicted octanol–water partition coefficient (Wildman–Crippen LogP) is 3.35. The largest absolute Gasteiger partial charge is 0.366 e. The molecule has 0 spiro atoms. The van der Waals surface area contributed by atoms with E-state index in [-0.39, 0.29) is 5.82 Å². The molecule has 4 N–H and O–H groups in total. The number of thiocarbonyl (C=S) groups is 1. The van der Waals surface area contributed by atoms with E-state index in [1.54, 1.807) is 18.2 Å². The van der Waals surface area contributed by atoms with Gasteiger partial charge in [0.25, 0.3) is 5.91 Å². The Labute approximate surface area is 137 Å². The second-order valence-corrected chi connectivity index (χ2v) is 6.07. The molecule has 116 valence electrons. The number of amides is 1. The zero-order valence-electron chi connectivity index (χ0n) is 12.0. The summed E-state index contributed by atoms with van der Waals surface area (Å²) in [7, 11) is 0. The lowest BCUT2D eigenvalue weighted by Crippen LogP contribution is -2.29. The minimum absolute atomic E-state index is 0.307. The molecule has 0 fully saturated rings. The molecule has 0 saturated carbocycles. The fraction of sp³-hybridized carbons (Fsp3) is 0.200. The summed E-state index contributed by atoms with van der Waals surface area (Å²) >= 11 is 6.52. The van der Waals surface area contributed by atoms with E-state index in [1.807, 2.05) is 6.92 Å². The highest BCUT2D eigenvalue weighted by Crippen LogP contribution is 2.35. The molecular weight excluding hydrogens is 321 g/mol. The lowest BCUT2D eigenvalue weighted by Gasteiger charge is -2.08. The van der Waals surface area contributed by atoms with Crippen LogP contribution in [0.2, 0.25) is 0 Å². The lowest BCUT2D eigenvalue weighted by atomic mass is 10.1. The van der Waals surface area contributed by atoms with E-state index in [4.69, 9.17) is 18.0 Å². The van der Waals surface area contributed by atoms with Crippen molar-refractivity contribution in [2.45, 2.75) is 13.3 Å². The van der Waals surface area contributed by atoms with Crippen LogP contribution in [0.15, 0.2) is 30.3 Å². The molecule has 2 rings (SSSR count). The normalized spacial score (nSPS) is 10.3. The molecule has 0 atom stereocenters. The van der Waals surface area contributed by atoms with Crippen molar-refractivity contribution in [3.63, 3.8) is 0 Å². The summed E-state index contributed by atoms with van der Waals surface area (Å²) in [6, 6.07) is 7.75. The van der Waals surface area contributed by atoms with Gasteiger partial charge in [0, 0.05) is 11.4 Å². The number of hydrogen-bond donors (Lipinski definition) is 3. The molecule has 1 aromatic carbocycles. The van der Waals surface area contributed by atoms with Crippen LogP contribution in [-0.2, 0) is 0 Å². The Bertz CT molecular complexity index is 683. The van der Waals surface area contributed by atoms with Gasteiger partial charge in [0.2, 0.25) is 0 Å². The smallest absolute Gasteiger partial charge is 0.251 e. The summed E-state index contributed by atoms with van der Waals surface area (Å²) in [6.45, 7) is 2.77. The first-order chi connectivity index (χ1) is 10.5. The maximum atomic E-state index is 13.0. The third-order valence-corrected chi connectivity index (χ3v) is 4.23. The van der Waals surface area contributed by atoms with Gasteiger partial charge in [0.1, 0.15) is 10.8 Å². The molecule has 1 aromatic heterocycles. The quantitative estimate of drug-likeness (QED) is 0.732. The molecule has 0 bridgehead atoms. The van der Waals surface area contributed by atoms with Gasteiger partial charge in [-0.25, -0.2) is 4.39 Å². The zero-order chi connectivity index (χ0) is 16.1. The van der Waals surface area contributed by atoms with Crippen molar-refractivity contribution < 1.29 is 9.18 Å². The summed E-state index contributed by atoms with van der Waals surface area (Å²) in [5, 5.41) is 7.05. The molecule has 7 heteroatoms. The van der Waals surface area contributed by atoms with Crippen molar-refractivity contribution in [1.29, 1.82) is 0 Å². The average Bonchev–Trinajstić information content (AvgIpc) is 2.90. The van der Waals surface area contributed by atoms with Crippen LogP contribution in [0.25, 0.3) is 10.4 Å². The number of benzene rings is 1. The van der Waals surface area contributed by atoms with Crippen LogP contribution in [0.1, 0.15) is 23.7 Å². The van der Waals surface area contributed by atoms with Gasteiger partial charge in [-0.15, -0.1) is 11.3 Å². The molecule has 4 nitrogen and oxygen atoms in total. The van der Waals surface area contributed by atoms with Crippen LogP contribution in [0.3, 0.4) is 0 Å². The van der Waals surface area contributed by atoms with Crippen LogP contribution in [0.4, 0.5) is 9.39 Å². The number of hydrogen-bond acceptors (Lipinski definition) is 3. The molecule has 0 aliphatic rings. The summed E-state index contributed by atoms with van der Waals surface area (Å²) in [5.74, 6) is -0.843. The number of anilines is 1. The van der Waals surface area contributed by atoms with Gasteiger partial charge in [0.15, 0.2) is 5.11 Å². The first-order valence-corrected chi connectivity index (χ1v) is 7.98. The topological polar surface area (TPSA) is 67.2 Å². The average molecular weight is 337 g/mol. The van der Waals surface area contributed by atoms with Gasteiger partial charge >= 0.3 is 0 Å². The van der Waals surface area contributed by atoms with Crippen molar-refractivity contribution in [2.24, 2.45) is 5.73 Å². The van der Waals surface area contributed by atoms with Crippen molar-refractivity contribution in [2.75, 3.05) is 11.9 Å². The summed E-state index contributed by atoms with van der Waals surface area (Å²) in [4.78, 5) is 12.4. The van der Waals surface area contributed by atoms with Gasteiger partial charge < -0.3 is 16.4 Å². The molecule has 0 aliphatic carbocycles. The number of carbonyl (C=O) groups excluding carboxylic acids is 1. The van der Waals surface area contributed by atoms with Crippen molar-refractivity contribution in [3.05, 3.63) is 41.7 Å². The molecule has 1 heterocycles. The van der Waals surface area contributed by atoms with Crippen LogP contribution in [0.5, 0.6) is 0 Å². The summed E-state index contributed by atoms with van der Waals surface area (Å²) in [6.07, 6.45) is 0.940. The van der Waals surface area contributed by atoms with E-state index in [0.717, 1.165) is 23.4 Å². The van der Waals surface area contributed by atoms with Crippen molar-refractivity contribution in [1.82, 2.24) is 5.32 Å². The fourth-order valence-corrected chi connectivity index (χ4v) is 3.15. The van der Waals surface area contributed by atoms with E-state index in [2.05, 4.69) is 10.6 Å². The predicted molar refractivity (Wildman–Crippen MR) is 92.7 cm³/mol. The number of rotatable bonds is 5. The van der Waals surface area contributed by atoms with Gasteiger partial charge in [-0.2, -0.15) is 0 Å². The number of primary amides is 1. The minimum Gasteiger partial charge on any atom is -0.366 e. The molecule has 0 radical (unpaired) electrons. The van der Waals surface area contributed by atoms with Gasteiger partial charge in [-0.05, 0) is 42.4 Å². The highest BCUT2D eigenvalue weighted by molar-refractivity contribution is 7.80.